The number of aromatic nitrogens is 1. The van der Waals surface area contributed by atoms with Gasteiger partial charge >= 0.3 is 0 Å². The molecular formula is C25H19N3O3. The van der Waals surface area contributed by atoms with Crippen LogP contribution in [-0.4, -0.2) is 34.2 Å². The van der Waals surface area contributed by atoms with Gasteiger partial charge in [-0.2, -0.15) is 0 Å². The molecule has 0 unspecified atom stereocenters. The number of nitrogens with one attached hydrogen (secondary N) is 2. The van der Waals surface area contributed by atoms with Gasteiger partial charge in [-0.05, 0) is 54.4 Å². The summed E-state index contributed by atoms with van der Waals surface area (Å²) in [6.45, 7) is 0.292. The van der Waals surface area contributed by atoms with Crippen molar-refractivity contribution < 1.29 is 14.4 Å². The average Bonchev–Trinajstić information content (AvgIpc) is 3.31. The van der Waals surface area contributed by atoms with Crippen LogP contribution in [0.25, 0.3) is 10.9 Å². The predicted octanol–water partition coefficient (Wildman–Crippen LogP) is 4.26. The van der Waals surface area contributed by atoms with Gasteiger partial charge in [-0.25, -0.2) is 0 Å². The normalized spacial score (nSPS) is 13.0. The van der Waals surface area contributed by atoms with Crippen LogP contribution in [0.1, 0.15) is 36.6 Å². The average molecular weight is 409 g/mol. The molecule has 0 saturated carbocycles. The topological polar surface area (TPSA) is 82.3 Å². The van der Waals surface area contributed by atoms with Gasteiger partial charge in [0.2, 0.25) is 0 Å². The molecule has 2 heterocycles. The first-order valence-corrected chi connectivity index (χ1v) is 10.0. The zero-order valence-electron chi connectivity index (χ0n) is 16.6. The van der Waals surface area contributed by atoms with Gasteiger partial charge in [0.05, 0.1) is 11.1 Å². The van der Waals surface area contributed by atoms with E-state index in [2.05, 4.69) is 10.3 Å². The summed E-state index contributed by atoms with van der Waals surface area (Å²) >= 11 is 0. The van der Waals surface area contributed by atoms with Crippen LogP contribution in [0.5, 0.6) is 0 Å². The molecule has 0 bridgehead atoms. The van der Waals surface area contributed by atoms with E-state index in [1.54, 1.807) is 36.4 Å². The lowest BCUT2D eigenvalue weighted by Crippen LogP contribution is -2.31. The first kappa shape index (κ1) is 18.8. The van der Waals surface area contributed by atoms with Gasteiger partial charge in [0.1, 0.15) is 0 Å². The summed E-state index contributed by atoms with van der Waals surface area (Å²) < 4.78 is 0. The lowest BCUT2D eigenvalue weighted by molar-refractivity contribution is 0.0656. The number of imide groups is 1. The highest BCUT2D eigenvalue weighted by Gasteiger charge is 2.34. The number of rotatable bonds is 5. The first-order valence-electron chi connectivity index (χ1n) is 10.0. The highest BCUT2D eigenvalue weighted by atomic mass is 16.2. The molecule has 4 aromatic rings. The summed E-state index contributed by atoms with van der Waals surface area (Å²) in [5.74, 6) is -0.685. The van der Waals surface area contributed by atoms with Crippen LogP contribution in [0.15, 0.2) is 79.0 Å². The SMILES string of the molecule is O=C(Nc1ccc2[nH]cc(CCN3C(=O)c4ccccc4C3=O)c2c1)c1ccccc1. The molecule has 3 aromatic carbocycles. The van der Waals surface area contributed by atoms with E-state index in [-0.39, 0.29) is 17.7 Å². The van der Waals surface area contributed by atoms with Crippen LogP contribution in [0, 0.1) is 0 Å². The molecule has 0 saturated heterocycles. The summed E-state index contributed by atoms with van der Waals surface area (Å²) in [7, 11) is 0. The van der Waals surface area contributed by atoms with Crippen molar-refractivity contribution in [3.8, 4) is 0 Å². The molecule has 0 spiro atoms. The fraction of sp³-hybridized carbons (Fsp3) is 0.0800. The molecule has 1 aliphatic rings. The zero-order valence-corrected chi connectivity index (χ0v) is 16.6. The Bertz CT molecular complexity index is 1290. The second kappa shape index (κ2) is 7.57. The quantitative estimate of drug-likeness (QED) is 0.483. The molecule has 1 aromatic heterocycles. The van der Waals surface area contributed by atoms with Crippen molar-refractivity contribution in [1.29, 1.82) is 0 Å². The summed E-state index contributed by atoms with van der Waals surface area (Å²) in [5.41, 5.74) is 4.08. The number of aromatic amines is 1. The molecule has 3 amide bonds. The highest BCUT2D eigenvalue weighted by Crippen LogP contribution is 2.26. The predicted molar refractivity (Wildman–Crippen MR) is 118 cm³/mol. The first-order chi connectivity index (χ1) is 15.1. The van der Waals surface area contributed by atoms with Gasteiger partial charge in [0.25, 0.3) is 17.7 Å². The van der Waals surface area contributed by atoms with Gasteiger partial charge < -0.3 is 10.3 Å². The third-order valence-corrected chi connectivity index (χ3v) is 5.54. The Morgan fingerprint density at radius 3 is 2.26 bits per heavy atom. The van der Waals surface area contributed by atoms with Crippen molar-refractivity contribution in [2.24, 2.45) is 0 Å². The number of amides is 3. The molecule has 31 heavy (non-hydrogen) atoms. The standard InChI is InChI=1S/C25H19N3O3/c29-23(16-6-2-1-3-7-16)27-18-10-11-22-21(14-18)17(15-26-22)12-13-28-24(30)19-8-4-5-9-20(19)25(28)31/h1-11,14-15,26H,12-13H2,(H,27,29). The minimum atomic E-state index is -0.253. The molecule has 0 fully saturated rings. The number of hydrogen-bond acceptors (Lipinski definition) is 3. The Labute approximate surface area is 178 Å². The van der Waals surface area contributed by atoms with Crippen LogP contribution < -0.4 is 5.32 Å². The molecule has 5 rings (SSSR count). The van der Waals surface area contributed by atoms with E-state index < -0.39 is 0 Å². The van der Waals surface area contributed by atoms with Crippen molar-refractivity contribution in [3.05, 3.63) is 101 Å². The van der Waals surface area contributed by atoms with E-state index in [1.807, 2.05) is 42.6 Å². The molecule has 1 aliphatic heterocycles. The lowest BCUT2D eigenvalue weighted by atomic mass is 10.1. The van der Waals surface area contributed by atoms with Crippen LogP contribution in [0.3, 0.4) is 0 Å². The van der Waals surface area contributed by atoms with E-state index in [9.17, 15) is 14.4 Å². The Balaban J connectivity index is 1.34. The van der Waals surface area contributed by atoms with Gasteiger partial charge in [-0.3, -0.25) is 19.3 Å². The van der Waals surface area contributed by atoms with Crippen molar-refractivity contribution in [3.63, 3.8) is 0 Å². The monoisotopic (exact) mass is 409 g/mol. The van der Waals surface area contributed by atoms with Crippen molar-refractivity contribution >= 4 is 34.3 Å². The number of fused-ring (bicyclic) bond motifs is 2. The van der Waals surface area contributed by atoms with Gasteiger partial charge in [0, 0.05) is 34.9 Å². The summed E-state index contributed by atoms with van der Waals surface area (Å²) in [5, 5.41) is 3.87. The largest absolute Gasteiger partial charge is 0.361 e. The minimum absolute atomic E-state index is 0.178. The fourth-order valence-corrected chi connectivity index (χ4v) is 3.93. The number of anilines is 1. The molecule has 0 atom stereocenters. The molecule has 0 aliphatic carbocycles. The summed E-state index contributed by atoms with van der Waals surface area (Å²) in [6, 6.07) is 21.6. The smallest absolute Gasteiger partial charge is 0.261 e. The maximum atomic E-state index is 12.6. The Kier molecular flexibility index (Phi) is 4.59. The van der Waals surface area contributed by atoms with E-state index in [0.717, 1.165) is 16.5 Å². The van der Waals surface area contributed by atoms with E-state index in [1.165, 1.54) is 4.90 Å². The summed E-state index contributed by atoms with van der Waals surface area (Å²) in [4.78, 5) is 42.1. The molecule has 6 nitrogen and oxygen atoms in total. The van der Waals surface area contributed by atoms with Crippen LogP contribution in [0.4, 0.5) is 5.69 Å². The highest BCUT2D eigenvalue weighted by molar-refractivity contribution is 6.21. The molecule has 2 N–H and O–H groups in total. The third-order valence-electron chi connectivity index (χ3n) is 5.54. The maximum absolute atomic E-state index is 12.6. The third kappa shape index (κ3) is 3.38. The summed E-state index contributed by atoms with van der Waals surface area (Å²) in [6.07, 6.45) is 2.40. The number of H-pyrrole nitrogens is 1. The maximum Gasteiger partial charge on any atom is 0.261 e. The minimum Gasteiger partial charge on any atom is -0.361 e. The van der Waals surface area contributed by atoms with Crippen LogP contribution in [-0.2, 0) is 6.42 Å². The van der Waals surface area contributed by atoms with E-state index >= 15 is 0 Å². The lowest BCUT2D eigenvalue weighted by Gasteiger charge is -2.13. The number of carbonyl (C=O) groups is 3. The Hall–Kier alpha value is -4.19. The zero-order chi connectivity index (χ0) is 21.4. The van der Waals surface area contributed by atoms with Crippen LogP contribution >= 0.6 is 0 Å². The Morgan fingerprint density at radius 1 is 0.871 bits per heavy atom. The fourth-order valence-electron chi connectivity index (χ4n) is 3.93. The van der Waals surface area contributed by atoms with E-state index in [0.29, 0.717) is 35.3 Å². The van der Waals surface area contributed by atoms with Gasteiger partial charge in [-0.1, -0.05) is 30.3 Å². The molecule has 152 valence electrons. The van der Waals surface area contributed by atoms with Crippen molar-refractivity contribution in [2.45, 2.75) is 6.42 Å². The van der Waals surface area contributed by atoms with Gasteiger partial charge in [-0.15, -0.1) is 0 Å². The van der Waals surface area contributed by atoms with Gasteiger partial charge in [0.15, 0.2) is 0 Å². The second-order valence-electron chi connectivity index (χ2n) is 7.45. The van der Waals surface area contributed by atoms with E-state index in [4.69, 9.17) is 0 Å². The number of carbonyl (C=O) groups excluding carboxylic acids is 3. The second-order valence-corrected chi connectivity index (χ2v) is 7.45. The number of nitrogens with zero attached hydrogens (tertiary/aromatic N) is 1. The van der Waals surface area contributed by atoms with Crippen LogP contribution in [0.2, 0.25) is 0 Å². The molecular weight excluding hydrogens is 390 g/mol. The van der Waals surface area contributed by atoms with Crippen molar-refractivity contribution in [2.75, 3.05) is 11.9 Å². The molecule has 0 radical (unpaired) electrons. The Morgan fingerprint density at radius 2 is 1.55 bits per heavy atom. The number of benzene rings is 3. The number of hydrogen-bond donors (Lipinski definition) is 2. The van der Waals surface area contributed by atoms with Crippen molar-refractivity contribution in [1.82, 2.24) is 9.88 Å². The molecule has 6 heteroatoms.